The quantitative estimate of drug-likeness (QED) is 0.745. The Morgan fingerprint density at radius 1 is 1.43 bits per heavy atom. The van der Waals surface area contributed by atoms with Crippen LogP contribution in [0.15, 0.2) is 18.2 Å². The normalized spacial score (nSPS) is 15.2. The number of likely N-dealkylation sites (N-methyl/N-ethyl adjacent to an activating group) is 1. The van der Waals surface area contributed by atoms with Gasteiger partial charge in [0.2, 0.25) is 0 Å². The van der Waals surface area contributed by atoms with E-state index in [2.05, 4.69) is 28.8 Å². The van der Waals surface area contributed by atoms with Crippen molar-refractivity contribution >= 4 is 0 Å². The van der Waals surface area contributed by atoms with Crippen LogP contribution in [-0.2, 0) is 19.4 Å². The monoisotopic (exact) mass is 190 g/mol. The second-order valence-corrected chi connectivity index (χ2v) is 3.84. The highest BCUT2D eigenvalue weighted by molar-refractivity contribution is 5.37. The first-order chi connectivity index (χ1) is 6.92. The van der Waals surface area contributed by atoms with Crippen molar-refractivity contribution < 1.29 is 0 Å². The molecule has 0 unspecified atom stereocenters. The summed E-state index contributed by atoms with van der Waals surface area (Å²) in [6.07, 6.45) is 2.32. The van der Waals surface area contributed by atoms with E-state index >= 15 is 0 Å². The van der Waals surface area contributed by atoms with Crippen LogP contribution in [0, 0.1) is 0 Å². The summed E-state index contributed by atoms with van der Waals surface area (Å²) >= 11 is 0. The molecule has 14 heavy (non-hydrogen) atoms. The second kappa shape index (κ2) is 4.58. The molecule has 0 saturated carbocycles. The number of hydrogen-bond donors (Lipinski definition) is 2. The summed E-state index contributed by atoms with van der Waals surface area (Å²) in [5.74, 6) is 0. The van der Waals surface area contributed by atoms with Crippen molar-refractivity contribution in [3.05, 3.63) is 34.9 Å². The third-order valence-corrected chi connectivity index (χ3v) is 2.89. The largest absolute Gasteiger partial charge is 0.319 e. The number of fused-ring (bicyclic) bond motifs is 1. The number of rotatable bonds is 3. The van der Waals surface area contributed by atoms with Crippen LogP contribution in [-0.4, -0.2) is 20.1 Å². The van der Waals surface area contributed by atoms with Crippen LogP contribution in [0.4, 0.5) is 0 Å². The molecule has 0 saturated heterocycles. The first-order valence-electron chi connectivity index (χ1n) is 5.37. The molecule has 2 nitrogen and oxygen atoms in total. The van der Waals surface area contributed by atoms with Gasteiger partial charge in [0.15, 0.2) is 0 Å². The molecule has 1 aromatic rings. The zero-order valence-electron chi connectivity index (χ0n) is 8.77. The van der Waals surface area contributed by atoms with Gasteiger partial charge in [-0.15, -0.1) is 0 Å². The molecule has 2 rings (SSSR count). The summed E-state index contributed by atoms with van der Waals surface area (Å²) in [5, 5.41) is 6.64. The lowest BCUT2D eigenvalue weighted by Gasteiger charge is -2.20. The van der Waals surface area contributed by atoms with Gasteiger partial charge in [-0.05, 0) is 49.7 Å². The first-order valence-corrected chi connectivity index (χ1v) is 5.37. The molecule has 0 fully saturated rings. The number of nitrogens with one attached hydrogen (secondary N) is 2. The van der Waals surface area contributed by atoms with E-state index in [0.717, 1.165) is 26.1 Å². The van der Waals surface area contributed by atoms with Crippen LogP contribution in [0.25, 0.3) is 0 Å². The highest BCUT2D eigenvalue weighted by atomic mass is 14.9. The SMILES string of the molecule is CNCCc1cccc2c1CNCC2. The van der Waals surface area contributed by atoms with Crippen LogP contribution in [0.3, 0.4) is 0 Å². The molecule has 1 aliphatic heterocycles. The first kappa shape index (κ1) is 9.69. The highest BCUT2D eigenvalue weighted by Crippen LogP contribution is 2.18. The zero-order valence-corrected chi connectivity index (χ0v) is 8.77. The fourth-order valence-electron chi connectivity index (χ4n) is 2.08. The summed E-state index contributed by atoms with van der Waals surface area (Å²) in [5.41, 5.74) is 4.58. The third-order valence-electron chi connectivity index (χ3n) is 2.89. The predicted octanol–water partition coefficient (Wildman–Crippen LogP) is 1.09. The van der Waals surface area contributed by atoms with E-state index in [9.17, 15) is 0 Å². The molecule has 1 heterocycles. The lowest BCUT2D eigenvalue weighted by atomic mass is 9.94. The van der Waals surface area contributed by atoms with Gasteiger partial charge in [-0.25, -0.2) is 0 Å². The molecular weight excluding hydrogens is 172 g/mol. The topological polar surface area (TPSA) is 24.1 Å². The predicted molar refractivity (Wildman–Crippen MR) is 59.5 cm³/mol. The molecule has 0 amide bonds. The van der Waals surface area contributed by atoms with E-state index < -0.39 is 0 Å². The Balaban J connectivity index is 2.21. The van der Waals surface area contributed by atoms with E-state index in [1.807, 2.05) is 7.05 Å². The van der Waals surface area contributed by atoms with Gasteiger partial charge >= 0.3 is 0 Å². The van der Waals surface area contributed by atoms with Crippen molar-refractivity contribution in [3.63, 3.8) is 0 Å². The van der Waals surface area contributed by atoms with Crippen LogP contribution in [0.1, 0.15) is 16.7 Å². The Bertz CT molecular complexity index is 307. The van der Waals surface area contributed by atoms with Gasteiger partial charge in [0.1, 0.15) is 0 Å². The zero-order chi connectivity index (χ0) is 9.80. The molecular formula is C12H18N2. The van der Waals surface area contributed by atoms with E-state index in [1.165, 1.54) is 23.1 Å². The summed E-state index contributed by atoms with van der Waals surface area (Å²) in [4.78, 5) is 0. The molecule has 0 atom stereocenters. The highest BCUT2D eigenvalue weighted by Gasteiger charge is 2.11. The van der Waals surface area contributed by atoms with E-state index in [1.54, 1.807) is 0 Å². The average Bonchev–Trinajstić information content (AvgIpc) is 2.26. The molecule has 1 aromatic carbocycles. The summed E-state index contributed by atoms with van der Waals surface area (Å²) in [6.45, 7) is 3.24. The Morgan fingerprint density at radius 2 is 2.36 bits per heavy atom. The van der Waals surface area contributed by atoms with Crippen LogP contribution in [0.5, 0.6) is 0 Å². The van der Waals surface area contributed by atoms with E-state index in [4.69, 9.17) is 0 Å². The van der Waals surface area contributed by atoms with Gasteiger partial charge < -0.3 is 10.6 Å². The van der Waals surface area contributed by atoms with Crippen molar-refractivity contribution in [3.8, 4) is 0 Å². The molecule has 2 heteroatoms. The van der Waals surface area contributed by atoms with Crippen LogP contribution >= 0.6 is 0 Å². The number of hydrogen-bond acceptors (Lipinski definition) is 2. The fourth-order valence-corrected chi connectivity index (χ4v) is 2.08. The standard InChI is InChI=1S/C12H18N2/c1-13-7-5-10-3-2-4-11-6-8-14-9-12(10)11/h2-4,13-14H,5-9H2,1H3. The summed E-state index contributed by atoms with van der Waals surface area (Å²) < 4.78 is 0. The number of benzene rings is 1. The smallest absolute Gasteiger partial charge is 0.0211 e. The maximum Gasteiger partial charge on any atom is 0.0211 e. The van der Waals surface area contributed by atoms with Crippen LogP contribution < -0.4 is 10.6 Å². The summed E-state index contributed by atoms with van der Waals surface area (Å²) in [7, 11) is 2.01. The van der Waals surface area contributed by atoms with E-state index in [0.29, 0.717) is 0 Å². The average molecular weight is 190 g/mol. The fraction of sp³-hybridized carbons (Fsp3) is 0.500. The Labute approximate surface area is 85.7 Å². The van der Waals surface area contributed by atoms with Gasteiger partial charge in [-0.1, -0.05) is 18.2 Å². The lowest BCUT2D eigenvalue weighted by molar-refractivity contribution is 0.634. The molecule has 0 radical (unpaired) electrons. The van der Waals surface area contributed by atoms with Crippen molar-refractivity contribution in [1.29, 1.82) is 0 Å². The van der Waals surface area contributed by atoms with Crippen molar-refractivity contribution in [2.75, 3.05) is 20.1 Å². The van der Waals surface area contributed by atoms with Gasteiger partial charge in [0, 0.05) is 6.54 Å². The minimum absolute atomic E-state index is 1.05. The Kier molecular flexibility index (Phi) is 3.17. The molecule has 0 bridgehead atoms. The van der Waals surface area contributed by atoms with Gasteiger partial charge in [-0.2, -0.15) is 0 Å². The minimum Gasteiger partial charge on any atom is -0.319 e. The minimum atomic E-state index is 1.05. The molecule has 76 valence electrons. The third kappa shape index (κ3) is 1.97. The Hall–Kier alpha value is -0.860. The molecule has 2 N–H and O–H groups in total. The van der Waals surface area contributed by atoms with Gasteiger partial charge in [-0.3, -0.25) is 0 Å². The Morgan fingerprint density at radius 3 is 3.21 bits per heavy atom. The molecule has 1 aliphatic rings. The second-order valence-electron chi connectivity index (χ2n) is 3.84. The maximum atomic E-state index is 3.44. The molecule has 0 spiro atoms. The van der Waals surface area contributed by atoms with Gasteiger partial charge in [0.25, 0.3) is 0 Å². The van der Waals surface area contributed by atoms with Crippen LogP contribution in [0.2, 0.25) is 0 Å². The molecule has 0 aliphatic carbocycles. The maximum absolute atomic E-state index is 3.44. The van der Waals surface area contributed by atoms with E-state index in [-0.39, 0.29) is 0 Å². The molecule has 0 aromatic heterocycles. The lowest BCUT2D eigenvalue weighted by Crippen LogP contribution is -2.25. The van der Waals surface area contributed by atoms with Crippen molar-refractivity contribution in [2.45, 2.75) is 19.4 Å². The van der Waals surface area contributed by atoms with Gasteiger partial charge in [0.05, 0.1) is 0 Å². The summed E-state index contributed by atoms with van der Waals surface area (Å²) in [6, 6.07) is 6.71. The van der Waals surface area contributed by atoms with Crippen molar-refractivity contribution in [1.82, 2.24) is 10.6 Å². The van der Waals surface area contributed by atoms with Crippen molar-refractivity contribution in [2.24, 2.45) is 0 Å².